The number of alkyl halides is 1. The molecule has 0 aromatic carbocycles. The molecule has 0 aliphatic rings. The molecule has 0 heterocycles. The Morgan fingerprint density at radius 2 is 2.08 bits per heavy atom. The van der Waals surface area contributed by atoms with E-state index in [0.717, 1.165) is 0 Å². The predicted octanol–water partition coefficient (Wildman–Crippen LogP) is 1.83. The van der Waals surface area contributed by atoms with Crippen LogP contribution in [0.25, 0.3) is 0 Å². The summed E-state index contributed by atoms with van der Waals surface area (Å²) >= 11 is 5.66. The average Bonchev–Trinajstić information content (AvgIpc) is 2.02. The predicted molar refractivity (Wildman–Crippen MR) is 48.8 cm³/mol. The molecule has 4 heteroatoms. The van der Waals surface area contributed by atoms with Crippen LogP contribution in [0.3, 0.4) is 0 Å². The molecule has 0 aromatic rings. The van der Waals surface area contributed by atoms with Gasteiger partial charge in [0.25, 0.3) is 0 Å². The number of ether oxygens (including phenoxy) is 1. The van der Waals surface area contributed by atoms with Gasteiger partial charge in [-0.25, -0.2) is 0 Å². The molecule has 0 radical (unpaired) electrons. The van der Waals surface area contributed by atoms with Crippen molar-refractivity contribution in [3.05, 3.63) is 0 Å². The number of hydrogen-bond acceptors (Lipinski definition) is 3. The fourth-order valence-electron chi connectivity index (χ4n) is 0.635. The number of hydrogen-bond donors (Lipinski definition) is 1. The van der Waals surface area contributed by atoms with E-state index in [2.05, 4.69) is 4.74 Å². The molecule has 0 bridgehead atoms. The summed E-state index contributed by atoms with van der Waals surface area (Å²) in [6.45, 7) is 5.64. The van der Waals surface area contributed by atoms with Crippen LogP contribution >= 0.6 is 11.6 Å². The maximum Gasteiger partial charge on any atom is 0.329 e. The lowest BCUT2D eigenvalue weighted by atomic mass is 10.1. The molecule has 0 amide bonds. The van der Waals surface area contributed by atoms with Gasteiger partial charge in [0.1, 0.15) is 0 Å². The van der Waals surface area contributed by atoms with Crippen molar-refractivity contribution in [2.75, 3.05) is 6.61 Å². The van der Waals surface area contributed by atoms with Gasteiger partial charge in [0, 0.05) is 5.71 Å². The van der Waals surface area contributed by atoms with Crippen LogP contribution in [0.5, 0.6) is 0 Å². The van der Waals surface area contributed by atoms with Gasteiger partial charge in [-0.05, 0) is 12.8 Å². The average molecular weight is 192 g/mol. The summed E-state index contributed by atoms with van der Waals surface area (Å²) in [6, 6.07) is 0. The molecule has 0 aliphatic heterocycles. The number of carbonyl (C=O) groups is 1. The van der Waals surface area contributed by atoms with Gasteiger partial charge in [-0.15, -0.1) is 11.6 Å². The third kappa shape index (κ3) is 3.22. The topological polar surface area (TPSA) is 50.2 Å². The Bertz CT molecular complexity index is 180. The number of nitrogens with one attached hydrogen (secondary N) is 1. The molecule has 1 unspecified atom stereocenters. The Hall–Kier alpha value is -0.570. The molecular formula is C8H14ClNO2. The molecule has 0 spiro atoms. The van der Waals surface area contributed by atoms with Gasteiger partial charge in [-0.2, -0.15) is 0 Å². The van der Waals surface area contributed by atoms with E-state index in [1.807, 2.05) is 13.8 Å². The lowest BCUT2D eigenvalue weighted by molar-refractivity contribution is -0.141. The molecule has 0 fully saturated rings. The van der Waals surface area contributed by atoms with Crippen LogP contribution in [-0.2, 0) is 9.53 Å². The molecule has 0 saturated heterocycles. The van der Waals surface area contributed by atoms with Crippen molar-refractivity contribution in [3.63, 3.8) is 0 Å². The Balaban J connectivity index is 4.10. The largest absolute Gasteiger partial charge is 0.465 e. The summed E-state index contributed by atoms with van der Waals surface area (Å²) in [5.41, 5.74) is 0.204. The van der Waals surface area contributed by atoms with Crippen molar-refractivity contribution in [1.29, 1.82) is 5.41 Å². The number of esters is 1. The zero-order valence-electron chi connectivity index (χ0n) is 7.56. The zero-order chi connectivity index (χ0) is 9.72. The van der Waals surface area contributed by atoms with Gasteiger partial charge in [0.2, 0.25) is 0 Å². The highest BCUT2D eigenvalue weighted by atomic mass is 35.5. The summed E-state index contributed by atoms with van der Waals surface area (Å²) < 4.78 is 4.66. The molecule has 1 N–H and O–H groups in total. The summed E-state index contributed by atoms with van der Waals surface area (Å²) in [5, 5.41) is 6.50. The summed E-state index contributed by atoms with van der Waals surface area (Å²) in [4.78, 5) is 11.0. The Labute approximate surface area is 77.6 Å². The van der Waals surface area contributed by atoms with Crippen LogP contribution < -0.4 is 0 Å². The number of rotatable bonds is 4. The van der Waals surface area contributed by atoms with E-state index in [-0.39, 0.29) is 11.6 Å². The molecule has 12 heavy (non-hydrogen) atoms. The lowest BCUT2D eigenvalue weighted by Gasteiger charge is -2.12. The minimum Gasteiger partial charge on any atom is -0.465 e. The van der Waals surface area contributed by atoms with E-state index < -0.39 is 11.3 Å². The van der Waals surface area contributed by atoms with Crippen LogP contribution in [0.4, 0.5) is 0 Å². The molecule has 0 rings (SSSR count). The van der Waals surface area contributed by atoms with Crippen molar-refractivity contribution in [1.82, 2.24) is 0 Å². The van der Waals surface area contributed by atoms with Gasteiger partial charge in [-0.3, -0.25) is 4.79 Å². The monoisotopic (exact) mass is 191 g/mol. The van der Waals surface area contributed by atoms with Gasteiger partial charge >= 0.3 is 5.97 Å². The quantitative estimate of drug-likeness (QED) is 0.419. The number of carbonyl (C=O) groups excluding carboxylic acids is 1. The third-order valence-electron chi connectivity index (χ3n) is 1.39. The van der Waals surface area contributed by atoms with Crippen molar-refractivity contribution in [3.8, 4) is 0 Å². The smallest absolute Gasteiger partial charge is 0.329 e. The second-order valence-corrected chi connectivity index (χ2v) is 3.16. The van der Waals surface area contributed by atoms with E-state index >= 15 is 0 Å². The van der Waals surface area contributed by atoms with Crippen molar-refractivity contribution in [2.45, 2.75) is 26.1 Å². The van der Waals surface area contributed by atoms with Crippen LogP contribution in [0.15, 0.2) is 0 Å². The fraction of sp³-hybridized carbons (Fsp3) is 0.750. The van der Waals surface area contributed by atoms with Crippen LogP contribution in [0.2, 0.25) is 0 Å². The maximum atomic E-state index is 11.0. The molecule has 3 nitrogen and oxygen atoms in total. The molecule has 0 saturated carbocycles. The van der Waals surface area contributed by atoms with Crippen molar-refractivity contribution in [2.24, 2.45) is 5.92 Å². The van der Waals surface area contributed by atoms with E-state index in [4.69, 9.17) is 17.0 Å². The molecule has 0 aromatic heterocycles. The van der Waals surface area contributed by atoms with Crippen LogP contribution in [-0.4, -0.2) is 23.7 Å². The van der Waals surface area contributed by atoms with E-state index in [0.29, 0.717) is 6.61 Å². The van der Waals surface area contributed by atoms with Gasteiger partial charge in [0.05, 0.1) is 6.61 Å². The fourth-order valence-corrected chi connectivity index (χ4v) is 0.950. The highest BCUT2D eigenvalue weighted by Gasteiger charge is 2.23. The molecule has 0 aliphatic carbocycles. The summed E-state index contributed by atoms with van der Waals surface area (Å²) in [5.74, 6) is -0.547. The van der Waals surface area contributed by atoms with Crippen molar-refractivity contribution < 1.29 is 9.53 Å². The van der Waals surface area contributed by atoms with E-state index in [9.17, 15) is 4.79 Å². The minimum absolute atomic E-state index is 0.0168. The first-order valence-electron chi connectivity index (χ1n) is 3.89. The Morgan fingerprint density at radius 3 is 2.42 bits per heavy atom. The SMILES string of the molecule is CCOC(=O)C(Cl)C(=N)C(C)C. The molecule has 70 valence electrons. The zero-order valence-corrected chi connectivity index (χ0v) is 8.31. The first kappa shape index (κ1) is 11.4. The third-order valence-corrected chi connectivity index (χ3v) is 1.80. The highest BCUT2D eigenvalue weighted by Crippen LogP contribution is 2.08. The van der Waals surface area contributed by atoms with Gasteiger partial charge in [-0.1, -0.05) is 13.8 Å². The highest BCUT2D eigenvalue weighted by molar-refractivity contribution is 6.41. The first-order valence-corrected chi connectivity index (χ1v) is 4.33. The maximum absolute atomic E-state index is 11.0. The van der Waals surface area contributed by atoms with E-state index in [1.54, 1.807) is 6.92 Å². The molecule has 1 atom stereocenters. The van der Waals surface area contributed by atoms with Gasteiger partial charge in [0.15, 0.2) is 5.38 Å². The first-order chi connectivity index (χ1) is 5.50. The van der Waals surface area contributed by atoms with Crippen LogP contribution in [0, 0.1) is 11.3 Å². The van der Waals surface area contributed by atoms with Crippen molar-refractivity contribution >= 4 is 23.3 Å². The summed E-state index contributed by atoms with van der Waals surface area (Å²) in [7, 11) is 0. The number of halogens is 1. The van der Waals surface area contributed by atoms with Crippen LogP contribution in [0.1, 0.15) is 20.8 Å². The Morgan fingerprint density at radius 1 is 1.58 bits per heavy atom. The second-order valence-electron chi connectivity index (χ2n) is 2.72. The molecular weight excluding hydrogens is 178 g/mol. The normalized spacial score (nSPS) is 12.8. The standard InChI is InChI=1S/C8H14ClNO2/c1-4-12-8(11)6(9)7(10)5(2)3/h5-6,10H,4H2,1-3H3. The summed E-state index contributed by atoms with van der Waals surface area (Å²) in [6.07, 6.45) is 0. The van der Waals surface area contributed by atoms with E-state index in [1.165, 1.54) is 0 Å². The lowest BCUT2D eigenvalue weighted by Crippen LogP contribution is -2.29. The minimum atomic E-state index is -0.926. The second kappa shape index (κ2) is 5.14. The Kier molecular flexibility index (Phi) is 4.90. The van der Waals surface area contributed by atoms with Gasteiger partial charge < -0.3 is 10.1 Å².